The van der Waals surface area contributed by atoms with Gasteiger partial charge in [-0.05, 0) is 48.9 Å². The number of carbonyl (C=O) groups is 2. The van der Waals surface area contributed by atoms with E-state index in [0.717, 1.165) is 37.9 Å². The molecule has 1 aliphatic heterocycles. The van der Waals surface area contributed by atoms with Crippen molar-refractivity contribution in [3.63, 3.8) is 0 Å². The summed E-state index contributed by atoms with van der Waals surface area (Å²) in [5.74, 6) is -0.0146. The number of aryl methyl sites for hydroxylation is 1. The first-order valence-electron chi connectivity index (χ1n) is 8.91. The molecule has 7 heteroatoms. The highest BCUT2D eigenvalue weighted by molar-refractivity contribution is 6.31. The smallest absolute Gasteiger partial charge is 0.255 e. The molecule has 1 saturated heterocycles. The van der Waals surface area contributed by atoms with Gasteiger partial charge < -0.3 is 10.2 Å². The molecule has 1 saturated carbocycles. The van der Waals surface area contributed by atoms with Crippen LogP contribution in [0.4, 0.5) is 5.69 Å². The maximum Gasteiger partial charge on any atom is 0.255 e. The summed E-state index contributed by atoms with van der Waals surface area (Å²) in [7, 11) is 1.86. The second kappa shape index (κ2) is 6.76. The second-order valence-electron chi connectivity index (χ2n) is 7.07. The Balaban J connectivity index is 1.50. The van der Waals surface area contributed by atoms with Crippen LogP contribution in [-0.2, 0) is 11.8 Å². The van der Waals surface area contributed by atoms with Gasteiger partial charge in [-0.15, -0.1) is 0 Å². The van der Waals surface area contributed by atoms with Gasteiger partial charge in [0.2, 0.25) is 5.91 Å². The number of hydrogen-bond acceptors (Lipinski definition) is 3. The van der Waals surface area contributed by atoms with E-state index in [1.807, 2.05) is 18.1 Å². The van der Waals surface area contributed by atoms with Crippen LogP contribution in [0.5, 0.6) is 0 Å². The number of hydrogen-bond donors (Lipinski definition) is 1. The molecule has 1 aromatic heterocycles. The zero-order chi connectivity index (χ0) is 18.3. The third-order valence-corrected chi connectivity index (χ3v) is 5.38. The van der Waals surface area contributed by atoms with Crippen LogP contribution in [0.2, 0.25) is 5.02 Å². The lowest BCUT2D eigenvalue weighted by Crippen LogP contribution is -2.29. The average molecular weight is 373 g/mol. The quantitative estimate of drug-likeness (QED) is 0.896. The van der Waals surface area contributed by atoms with Gasteiger partial charge in [-0.1, -0.05) is 11.6 Å². The monoisotopic (exact) mass is 372 g/mol. The molecule has 2 amide bonds. The topological polar surface area (TPSA) is 67.2 Å². The largest absolute Gasteiger partial charge is 0.339 e. The minimum absolute atomic E-state index is 0.0472. The number of nitrogens with one attached hydrogen (secondary N) is 1. The fourth-order valence-corrected chi connectivity index (χ4v) is 3.78. The van der Waals surface area contributed by atoms with Crippen LogP contribution in [0, 0.1) is 5.92 Å². The Kier molecular flexibility index (Phi) is 4.44. The number of amides is 2. The lowest BCUT2D eigenvalue weighted by molar-refractivity contribution is -0.117. The van der Waals surface area contributed by atoms with E-state index in [1.165, 1.54) is 0 Å². The van der Waals surface area contributed by atoms with Crippen molar-refractivity contribution in [2.75, 3.05) is 18.4 Å². The predicted molar refractivity (Wildman–Crippen MR) is 99.3 cm³/mol. The molecule has 0 unspecified atom stereocenters. The van der Waals surface area contributed by atoms with Crippen molar-refractivity contribution in [2.24, 2.45) is 13.0 Å². The maximum atomic E-state index is 12.8. The molecule has 2 aromatic rings. The van der Waals surface area contributed by atoms with E-state index in [-0.39, 0.29) is 23.7 Å². The average Bonchev–Trinajstić information content (AvgIpc) is 3.02. The lowest BCUT2D eigenvalue weighted by Gasteiger charge is -2.18. The number of halogens is 1. The molecule has 0 bridgehead atoms. The van der Waals surface area contributed by atoms with Gasteiger partial charge >= 0.3 is 0 Å². The van der Waals surface area contributed by atoms with Crippen molar-refractivity contribution >= 4 is 29.1 Å². The van der Waals surface area contributed by atoms with E-state index in [4.69, 9.17) is 11.6 Å². The molecule has 4 rings (SSSR count). The van der Waals surface area contributed by atoms with Crippen molar-refractivity contribution in [1.29, 1.82) is 0 Å². The summed E-state index contributed by atoms with van der Waals surface area (Å²) in [5, 5.41) is 7.59. The zero-order valence-corrected chi connectivity index (χ0v) is 15.4. The van der Waals surface area contributed by atoms with E-state index >= 15 is 0 Å². The van der Waals surface area contributed by atoms with Crippen molar-refractivity contribution in [3.05, 3.63) is 46.7 Å². The Morgan fingerprint density at radius 1 is 1.27 bits per heavy atom. The normalized spacial score (nSPS) is 21.7. The summed E-state index contributed by atoms with van der Waals surface area (Å²) < 4.78 is 1.74. The molecule has 1 N–H and O–H groups in total. The van der Waals surface area contributed by atoms with E-state index in [1.54, 1.807) is 29.1 Å². The lowest BCUT2D eigenvalue weighted by atomic mass is 10.1. The molecule has 1 aromatic carbocycles. The molecule has 26 heavy (non-hydrogen) atoms. The molecule has 2 aliphatic rings. The molecule has 0 radical (unpaired) electrons. The Morgan fingerprint density at radius 2 is 2.04 bits per heavy atom. The Hall–Kier alpha value is -2.34. The highest BCUT2D eigenvalue weighted by atomic mass is 35.5. The van der Waals surface area contributed by atoms with Crippen LogP contribution in [0.1, 0.15) is 41.1 Å². The van der Waals surface area contributed by atoms with Crippen LogP contribution in [0.3, 0.4) is 0 Å². The number of aromatic nitrogens is 2. The van der Waals surface area contributed by atoms with Gasteiger partial charge in [-0.2, -0.15) is 5.10 Å². The molecule has 2 heterocycles. The predicted octanol–water partition coefficient (Wildman–Crippen LogP) is 3.05. The Labute approximate surface area is 157 Å². The Bertz CT molecular complexity index is 857. The SMILES string of the molecule is Cn1cc([C@H]2C[C@@H]2C(=O)Nc2cc(Cl)ccc2C(=O)N2CCCC2)cn1. The van der Waals surface area contributed by atoms with Crippen LogP contribution < -0.4 is 5.32 Å². The fourth-order valence-electron chi connectivity index (χ4n) is 3.61. The minimum Gasteiger partial charge on any atom is -0.339 e. The number of anilines is 1. The van der Waals surface area contributed by atoms with Crippen LogP contribution in [-0.4, -0.2) is 39.6 Å². The zero-order valence-electron chi connectivity index (χ0n) is 14.6. The minimum atomic E-state index is -0.0899. The summed E-state index contributed by atoms with van der Waals surface area (Å²) in [6.45, 7) is 1.53. The first kappa shape index (κ1) is 17.1. The van der Waals surface area contributed by atoms with E-state index in [9.17, 15) is 9.59 Å². The molecule has 2 atom stereocenters. The fraction of sp³-hybridized carbons (Fsp3) is 0.421. The summed E-state index contributed by atoms with van der Waals surface area (Å²) in [4.78, 5) is 27.2. The van der Waals surface area contributed by atoms with Crippen molar-refractivity contribution in [2.45, 2.75) is 25.2 Å². The maximum absolute atomic E-state index is 12.8. The molecule has 1 aliphatic carbocycles. The van der Waals surface area contributed by atoms with Crippen LogP contribution in [0.25, 0.3) is 0 Å². The highest BCUT2D eigenvalue weighted by Crippen LogP contribution is 2.48. The highest BCUT2D eigenvalue weighted by Gasteiger charge is 2.44. The number of rotatable bonds is 4. The van der Waals surface area contributed by atoms with Crippen molar-refractivity contribution in [3.8, 4) is 0 Å². The van der Waals surface area contributed by atoms with Gasteiger partial charge in [0, 0.05) is 37.3 Å². The third kappa shape index (κ3) is 3.33. The molecular formula is C19H21ClN4O2. The third-order valence-electron chi connectivity index (χ3n) is 5.14. The van der Waals surface area contributed by atoms with Crippen LogP contribution >= 0.6 is 11.6 Å². The first-order valence-corrected chi connectivity index (χ1v) is 9.29. The van der Waals surface area contributed by atoms with E-state index in [0.29, 0.717) is 16.3 Å². The standard InChI is InChI=1S/C19H21ClN4O2/c1-23-11-12(10-21-23)15-9-16(15)18(25)22-17-8-13(20)4-5-14(17)19(26)24-6-2-3-7-24/h4-5,8,10-11,15-16H,2-3,6-7,9H2,1H3,(H,22,25)/t15-,16+/m1/s1. The van der Waals surface area contributed by atoms with Crippen molar-refractivity contribution < 1.29 is 9.59 Å². The van der Waals surface area contributed by atoms with Gasteiger partial charge in [-0.25, -0.2) is 0 Å². The number of nitrogens with zero attached hydrogens (tertiary/aromatic N) is 3. The van der Waals surface area contributed by atoms with Crippen molar-refractivity contribution in [1.82, 2.24) is 14.7 Å². The van der Waals surface area contributed by atoms with Gasteiger partial charge in [0.1, 0.15) is 0 Å². The first-order chi connectivity index (χ1) is 12.5. The molecule has 0 spiro atoms. The van der Waals surface area contributed by atoms with Gasteiger partial charge in [-0.3, -0.25) is 14.3 Å². The number of carbonyl (C=O) groups excluding carboxylic acids is 2. The molecular weight excluding hydrogens is 352 g/mol. The summed E-state index contributed by atoms with van der Waals surface area (Å²) >= 11 is 6.10. The number of likely N-dealkylation sites (tertiary alicyclic amines) is 1. The Morgan fingerprint density at radius 3 is 2.73 bits per heavy atom. The van der Waals surface area contributed by atoms with Crippen LogP contribution in [0.15, 0.2) is 30.6 Å². The van der Waals surface area contributed by atoms with Gasteiger partial charge in [0.05, 0.1) is 17.4 Å². The summed E-state index contributed by atoms with van der Waals surface area (Å²) in [6, 6.07) is 5.05. The van der Waals surface area contributed by atoms with E-state index < -0.39 is 0 Å². The van der Waals surface area contributed by atoms with E-state index in [2.05, 4.69) is 10.4 Å². The summed E-state index contributed by atoms with van der Waals surface area (Å²) in [5.41, 5.74) is 2.08. The molecule has 6 nitrogen and oxygen atoms in total. The number of benzene rings is 1. The molecule has 136 valence electrons. The molecule has 2 fully saturated rings. The second-order valence-corrected chi connectivity index (χ2v) is 7.51. The van der Waals surface area contributed by atoms with Gasteiger partial charge in [0.15, 0.2) is 0 Å². The summed E-state index contributed by atoms with van der Waals surface area (Å²) in [6.07, 6.45) is 6.60. The van der Waals surface area contributed by atoms with Gasteiger partial charge in [0.25, 0.3) is 5.91 Å².